The normalized spacial score (nSPS) is 15.5. The number of fused-ring (bicyclic) bond motifs is 4. The van der Waals surface area contributed by atoms with E-state index in [2.05, 4.69) is 25.3 Å². The van der Waals surface area contributed by atoms with Gasteiger partial charge in [-0.25, -0.2) is 0 Å². The topological polar surface area (TPSA) is 108 Å². The number of nitrogens with zero attached hydrogens (tertiary/aromatic N) is 4. The van der Waals surface area contributed by atoms with Crippen molar-refractivity contribution in [2.45, 2.75) is 13.8 Å². The Bertz CT molecular complexity index is 944. The first-order chi connectivity index (χ1) is 15.0. The van der Waals surface area contributed by atoms with Gasteiger partial charge in [0.05, 0.1) is 26.2 Å². The molecule has 7 nitrogen and oxygen atoms in total. The molecule has 1 heterocycles. The predicted molar refractivity (Wildman–Crippen MR) is 124 cm³/mol. The number of nitrogens with one attached hydrogen (secondary N) is 1. The molecule has 0 atom stereocenters. The van der Waals surface area contributed by atoms with Crippen molar-refractivity contribution >= 4 is 24.9 Å². The van der Waals surface area contributed by atoms with Crippen LogP contribution in [0.25, 0.3) is 0 Å². The fourth-order valence-corrected chi connectivity index (χ4v) is 3.22. The maximum Gasteiger partial charge on any atom is 0.0585 e. The van der Waals surface area contributed by atoms with Gasteiger partial charge >= 0.3 is 0 Å². The average molecular weight is 418 g/mol. The molecule has 2 aromatic rings. The van der Waals surface area contributed by atoms with Crippen LogP contribution in [0.1, 0.15) is 33.4 Å². The van der Waals surface area contributed by atoms with E-state index in [0.717, 1.165) is 11.1 Å². The van der Waals surface area contributed by atoms with Crippen LogP contribution in [-0.2, 0) is 0 Å². The minimum absolute atomic E-state index is 0.0851. The highest BCUT2D eigenvalue weighted by Crippen LogP contribution is 2.20. The molecule has 0 fully saturated rings. The van der Waals surface area contributed by atoms with Crippen molar-refractivity contribution in [1.82, 2.24) is 5.32 Å². The zero-order valence-electron chi connectivity index (χ0n) is 18.0. The second kappa shape index (κ2) is 11.2. The van der Waals surface area contributed by atoms with Gasteiger partial charge in [-0.05, 0) is 47.2 Å². The van der Waals surface area contributed by atoms with Gasteiger partial charge in [-0.2, -0.15) is 0 Å². The van der Waals surface area contributed by atoms with Crippen LogP contribution in [0.4, 0.5) is 0 Å². The van der Waals surface area contributed by atoms with Crippen LogP contribution in [0.2, 0.25) is 0 Å². The lowest BCUT2D eigenvalue weighted by Crippen LogP contribution is -2.21. The van der Waals surface area contributed by atoms with Crippen LogP contribution in [0.5, 0.6) is 11.5 Å². The van der Waals surface area contributed by atoms with Gasteiger partial charge in [0.1, 0.15) is 0 Å². The van der Waals surface area contributed by atoms with Gasteiger partial charge in [0, 0.05) is 37.9 Å². The number of aryl methyl sites for hydroxylation is 2. The highest BCUT2D eigenvalue weighted by Gasteiger charge is 2.00. The molecule has 4 bridgehead atoms. The van der Waals surface area contributed by atoms with Crippen LogP contribution in [0, 0.1) is 13.8 Å². The largest absolute Gasteiger partial charge is 0.872 e. The van der Waals surface area contributed by atoms with Crippen LogP contribution in [0.15, 0.2) is 44.2 Å². The summed E-state index contributed by atoms with van der Waals surface area (Å²) in [5.74, 6) is -0.170. The maximum absolute atomic E-state index is 12.6. The van der Waals surface area contributed by atoms with Gasteiger partial charge in [-0.3, -0.25) is 20.0 Å². The summed E-state index contributed by atoms with van der Waals surface area (Å²) in [7, 11) is 0. The maximum atomic E-state index is 12.6. The van der Waals surface area contributed by atoms with Crippen LogP contribution >= 0.6 is 0 Å². The summed E-state index contributed by atoms with van der Waals surface area (Å²) in [5.41, 5.74) is 4.16. The van der Waals surface area contributed by atoms with Gasteiger partial charge in [0.2, 0.25) is 0 Å². The van der Waals surface area contributed by atoms with Crippen molar-refractivity contribution in [3.05, 3.63) is 57.6 Å². The van der Waals surface area contributed by atoms with Crippen LogP contribution in [0.3, 0.4) is 0 Å². The summed E-state index contributed by atoms with van der Waals surface area (Å²) in [6.07, 6.45) is 6.44. The Balaban J connectivity index is 1.83. The summed E-state index contributed by atoms with van der Waals surface area (Å²) in [6.45, 7) is 7.21. The molecule has 162 valence electrons. The average Bonchev–Trinajstić information content (AvgIpc) is 2.74. The van der Waals surface area contributed by atoms with E-state index in [-0.39, 0.29) is 11.5 Å². The van der Waals surface area contributed by atoms with E-state index < -0.39 is 0 Å². The molecule has 1 N–H and O–H groups in total. The highest BCUT2D eigenvalue weighted by molar-refractivity contribution is 5.93. The van der Waals surface area contributed by atoms with Crippen LogP contribution < -0.4 is 15.5 Å². The highest BCUT2D eigenvalue weighted by atomic mass is 16.3. The summed E-state index contributed by atoms with van der Waals surface area (Å²) < 4.78 is 0. The standard InChI is InChI=1S/C24H29N5O2/c1-17-9-19-13-26-5-3-25-4-6-27-14-20-10-18(2)12-22(24(20)31)16-29-8-7-28-15-21(11-17)23(19)30/h9-16,25,30-31H,3-8H2,1-2H3/p-2. The fourth-order valence-electron chi connectivity index (χ4n) is 3.22. The molecule has 3 rings (SSSR count). The summed E-state index contributed by atoms with van der Waals surface area (Å²) >= 11 is 0. The zero-order chi connectivity index (χ0) is 22.1. The van der Waals surface area contributed by atoms with Crippen molar-refractivity contribution in [1.29, 1.82) is 0 Å². The first-order valence-electron chi connectivity index (χ1n) is 10.4. The molecule has 0 saturated heterocycles. The van der Waals surface area contributed by atoms with Gasteiger partial charge < -0.3 is 15.5 Å². The Morgan fingerprint density at radius 3 is 1.26 bits per heavy atom. The third kappa shape index (κ3) is 6.58. The van der Waals surface area contributed by atoms with Gasteiger partial charge in [0.15, 0.2) is 0 Å². The minimum atomic E-state index is -0.0851. The summed E-state index contributed by atoms with van der Waals surface area (Å²) in [6, 6.07) is 7.31. The Labute approximate surface area is 183 Å². The van der Waals surface area contributed by atoms with Crippen molar-refractivity contribution < 1.29 is 10.2 Å². The van der Waals surface area contributed by atoms with Crippen molar-refractivity contribution in [2.24, 2.45) is 20.0 Å². The number of benzene rings is 2. The van der Waals surface area contributed by atoms with Gasteiger partial charge in [-0.1, -0.05) is 35.8 Å². The zero-order valence-corrected chi connectivity index (χ0v) is 18.0. The van der Waals surface area contributed by atoms with E-state index in [1.54, 1.807) is 24.9 Å². The van der Waals surface area contributed by atoms with E-state index in [1.165, 1.54) is 0 Å². The molecule has 7 heteroatoms. The third-order valence-corrected chi connectivity index (χ3v) is 4.70. The lowest BCUT2D eigenvalue weighted by Gasteiger charge is -2.15. The Hall–Kier alpha value is -3.32. The first kappa shape index (κ1) is 22.4. The molecule has 0 amide bonds. The van der Waals surface area contributed by atoms with Crippen molar-refractivity contribution in [3.8, 4) is 11.5 Å². The van der Waals surface area contributed by atoms with E-state index in [0.29, 0.717) is 61.5 Å². The van der Waals surface area contributed by atoms with E-state index in [4.69, 9.17) is 0 Å². The van der Waals surface area contributed by atoms with Gasteiger partial charge in [-0.15, -0.1) is 0 Å². The number of rotatable bonds is 0. The number of hydrogen-bond donors (Lipinski definition) is 1. The van der Waals surface area contributed by atoms with Crippen LogP contribution in [-0.4, -0.2) is 64.1 Å². The second-order valence-electron chi connectivity index (χ2n) is 7.44. The summed E-state index contributed by atoms with van der Waals surface area (Å²) in [4.78, 5) is 17.4. The Kier molecular flexibility index (Phi) is 8.06. The van der Waals surface area contributed by atoms with Gasteiger partial charge in [0.25, 0.3) is 0 Å². The monoisotopic (exact) mass is 417 g/mol. The molecule has 0 saturated carbocycles. The molecule has 1 aliphatic rings. The lowest BCUT2D eigenvalue weighted by molar-refractivity contribution is -0.269. The number of aliphatic imine (C=N–C) groups is 4. The third-order valence-electron chi connectivity index (χ3n) is 4.70. The Morgan fingerprint density at radius 2 is 0.903 bits per heavy atom. The molecule has 31 heavy (non-hydrogen) atoms. The fraction of sp³-hybridized carbons (Fsp3) is 0.333. The molecule has 0 spiro atoms. The molecule has 2 aromatic carbocycles. The minimum Gasteiger partial charge on any atom is -0.872 e. The first-order valence-corrected chi connectivity index (χ1v) is 10.4. The van der Waals surface area contributed by atoms with E-state index in [1.807, 2.05) is 38.1 Å². The van der Waals surface area contributed by atoms with Crippen molar-refractivity contribution in [2.75, 3.05) is 39.3 Å². The lowest BCUT2D eigenvalue weighted by atomic mass is 10.1. The Morgan fingerprint density at radius 1 is 0.581 bits per heavy atom. The molecular weight excluding hydrogens is 390 g/mol. The quantitative estimate of drug-likeness (QED) is 0.700. The summed E-state index contributed by atoms with van der Waals surface area (Å²) in [5, 5.41) is 28.5. The van der Waals surface area contributed by atoms with E-state index >= 15 is 0 Å². The predicted octanol–water partition coefficient (Wildman–Crippen LogP) is 1.43. The molecule has 1 aliphatic heterocycles. The molecule has 0 radical (unpaired) electrons. The molecule has 0 aromatic heterocycles. The van der Waals surface area contributed by atoms with Crippen molar-refractivity contribution in [3.63, 3.8) is 0 Å². The smallest absolute Gasteiger partial charge is 0.0585 e. The number of hydrogen-bond acceptors (Lipinski definition) is 7. The van der Waals surface area contributed by atoms with E-state index in [9.17, 15) is 10.2 Å². The second-order valence-corrected chi connectivity index (χ2v) is 7.44. The molecular formula is C24H27N5O2-2. The SMILES string of the molecule is Cc1cc2c([O-])c(c1)C=NCCNCCN=Cc1cc(C)cc(c1[O-])C=NCCN=C2. The molecule has 0 unspecified atom stereocenters. The molecule has 0 aliphatic carbocycles.